The van der Waals surface area contributed by atoms with Crippen LogP contribution in [-0.4, -0.2) is 20.9 Å². The first-order chi connectivity index (χ1) is 10.6. The summed E-state index contributed by atoms with van der Waals surface area (Å²) in [4.78, 5) is 4.10. The Kier molecular flexibility index (Phi) is 2.91. The fourth-order valence-corrected chi connectivity index (χ4v) is 2.59. The average molecular weight is 301 g/mol. The van der Waals surface area contributed by atoms with Crippen molar-refractivity contribution in [2.45, 2.75) is 18.8 Å². The molecule has 0 amide bonds. The van der Waals surface area contributed by atoms with E-state index in [-0.39, 0.29) is 24.6 Å². The Balaban J connectivity index is 1.82. The summed E-state index contributed by atoms with van der Waals surface area (Å²) in [6.07, 6.45) is 0.939. The number of pyridine rings is 1. The van der Waals surface area contributed by atoms with Gasteiger partial charge in [-0.1, -0.05) is 18.2 Å². The number of nitrogens with one attached hydrogen (secondary N) is 1. The van der Waals surface area contributed by atoms with E-state index in [1.165, 1.54) is 12.1 Å². The molecular formula is C15H13F2N5. The number of halogens is 2. The minimum absolute atomic E-state index is 0.118. The molecule has 4 rings (SSSR count). The van der Waals surface area contributed by atoms with Gasteiger partial charge in [0.1, 0.15) is 11.6 Å². The minimum Gasteiger partial charge on any atom is -0.314 e. The fourth-order valence-electron chi connectivity index (χ4n) is 2.59. The first-order valence-electron chi connectivity index (χ1n) is 6.90. The Morgan fingerprint density at radius 3 is 2.77 bits per heavy atom. The third-order valence-electron chi connectivity index (χ3n) is 3.78. The van der Waals surface area contributed by atoms with Crippen LogP contribution in [0, 0.1) is 11.6 Å². The van der Waals surface area contributed by atoms with Gasteiger partial charge in [0, 0.05) is 10.9 Å². The largest absolute Gasteiger partial charge is 0.314 e. The van der Waals surface area contributed by atoms with Gasteiger partial charge < -0.3 is 5.73 Å². The van der Waals surface area contributed by atoms with Gasteiger partial charge in [-0.15, -0.1) is 0 Å². The van der Waals surface area contributed by atoms with Crippen LogP contribution < -0.4 is 11.1 Å². The van der Waals surface area contributed by atoms with Crippen molar-refractivity contribution >= 4 is 11.0 Å². The molecule has 2 atom stereocenters. The Morgan fingerprint density at radius 2 is 2.05 bits per heavy atom. The molecule has 0 saturated carbocycles. The predicted octanol–water partition coefficient (Wildman–Crippen LogP) is 1.69. The molecule has 3 heterocycles. The van der Waals surface area contributed by atoms with Gasteiger partial charge in [-0.25, -0.2) is 18.4 Å². The molecule has 112 valence electrons. The maximum absolute atomic E-state index is 13.8. The fraction of sp³-hybridized carbons (Fsp3) is 0.200. The molecule has 1 aromatic carbocycles. The summed E-state index contributed by atoms with van der Waals surface area (Å²) in [7, 11) is 0. The third-order valence-corrected chi connectivity index (χ3v) is 3.78. The normalized spacial score (nSPS) is 20.5. The van der Waals surface area contributed by atoms with Crippen molar-refractivity contribution in [3.63, 3.8) is 0 Å². The second-order valence-corrected chi connectivity index (χ2v) is 5.33. The maximum Gasteiger partial charge on any atom is 0.158 e. The molecule has 5 nitrogen and oxygen atoms in total. The number of benzene rings is 1. The number of rotatable bonds is 3. The molecular weight excluding hydrogens is 288 g/mol. The van der Waals surface area contributed by atoms with E-state index in [2.05, 4.69) is 15.4 Å². The summed E-state index contributed by atoms with van der Waals surface area (Å²) in [6, 6.07) is 7.74. The number of hydrogen-bond donors (Lipinski definition) is 2. The second-order valence-electron chi connectivity index (χ2n) is 5.33. The van der Waals surface area contributed by atoms with Crippen LogP contribution in [0.1, 0.15) is 17.3 Å². The van der Waals surface area contributed by atoms with Gasteiger partial charge >= 0.3 is 0 Å². The van der Waals surface area contributed by atoms with Crippen molar-refractivity contribution in [2.75, 3.05) is 0 Å². The highest BCUT2D eigenvalue weighted by Gasteiger charge is 2.38. The minimum atomic E-state index is -0.437. The van der Waals surface area contributed by atoms with Crippen LogP contribution in [-0.2, 0) is 6.54 Å². The molecule has 0 bridgehead atoms. The smallest absolute Gasteiger partial charge is 0.158 e. The summed E-state index contributed by atoms with van der Waals surface area (Å²) in [5, 5.41) is 8.08. The summed E-state index contributed by atoms with van der Waals surface area (Å²) in [5.41, 5.74) is 7.44. The Morgan fingerprint density at radius 1 is 1.27 bits per heavy atom. The second kappa shape index (κ2) is 4.82. The van der Waals surface area contributed by atoms with E-state index in [0.717, 1.165) is 6.20 Å². The summed E-state index contributed by atoms with van der Waals surface area (Å²) < 4.78 is 28.9. The van der Waals surface area contributed by atoms with Gasteiger partial charge in [0.25, 0.3) is 0 Å². The van der Waals surface area contributed by atoms with Crippen molar-refractivity contribution in [2.24, 2.45) is 5.73 Å². The first kappa shape index (κ1) is 13.3. The van der Waals surface area contributed by atoms with Gasteiger partial charge in [-0.3, -0.25) is 5.32 Å². The Labute approximate surface area is 124 Å². The summed E-state index contributed by atoms with van der Waals surface area (Å²) in [5.74, 6) is -0.746. The zero-order valence-corrected chi connectivity index (χ0v) is 11.5. The van der Waals surface area contributed by atoms with Crippen LogP contribution in [0.3, 0.4) is 0 Å². The van der Waals surface area contributed by atoms with Crippen molar-refractivity contribution in [1.29, 1.82) is 0 Å². The summed E-state index contributed by atoms with van der Waals surface area (Å²) in [6.45, 7) is 0.226. The monoisotopic (exact) mass is 301 g/mol. The molecule has 3 aromatic rings. The molecule has 1 saturated heterocycles. The lowest BCUT2D eigenvalue weighted by atomic mass is 10.2. The van der Waals surface area contributed by atoms with E-state index in [4.69, 9.17) is 5.73 Å². The van der Waals surface area contributed by atoms with E-state index in [1.54, 1.807) is 22.9 Å². The van der Waals surface area contributed by atoms with Gasteiger partial charge in [-0.2, -0.15) is 5.10 Å². The van der Waals surface area contributed by atoms with Gasteiger partial charge in [0.05, 0.1) is 30.6 Å². The van der Waals surface area contributed by atoms with Crippen molar-refractivity contribution in [3.05, 3.63) is 59.4 Å². The van der Waals surface area contributed by atoms with Gasteiger partial charge in [0.15, 0.2) is 5.65 Å². The van der Waals surface area contributed by atoms with E-state index in [1.807, 2.05) is 0 Å². The molecule has 3 N–H and O–H groups in total. The maximum atomic E-state index is 13.8. The molecule has 1 aliphatic heterocycles. The third kappa shape index (κ3) is 2.15. The van der Waals surface area contributed by atoms with Crippen molar-refractivity contribution in [3.8, 4) is 0 Å². The average Bonchev–Trinajstić information content (AvgIpc) is 3.12. The Hall–Kier alpha value is -2.38. The van der Waals surface area contributed by atoms with Crippen LogP contribution >= 0.6 is 0 Å². The highest BCUT2D eigenvalue weighted by atomic mass is 19.1. The topological polar surface area (TPSA) is 78.7 Å². The molecule has 22 heavy (non-hydrogen) atoms. The Bertz CT molecular complexity index is 860. The van der Waals surface area contributed by atoms with Gasteiger partial charge in [-0.05, 0) is 12.1 Å². The van der Waals surface area contributed by atoms with Crippen LogP contribution in [0.25, 0.3) is 11.0 Å². The van der Waals surface area contributed by atoms with Crippen molar-refractivity contribution in [1.82, 2.24) is 20.1 Å². The molecule has 1 fully saturated rings. The number of hydrogen-bond acceptors (Lipinski definition) is 4. The lowest BCUT2D eigenvalue weighted by Gasteiger charge is -2.04. The quantitative estimate of drug-likeness (QED) is 0.722. The zero-order valence-electron chi connectivity index (χ0n) is 11.5. The molecule has 0 aliphatic carbocycles. The number of nitrogens with two attached hydrogens (primary N) is 1. The van der Waals surface area contributed by atoms with Crippen molar-refractivity contribution < 1.29 is 8.78 Å². The SMILES string of the molecule is NC1NC1c1nn(Cc2ccccc2F)c2ncc(F)cc12. The number of aromatic nitrogens is 3. The molecule has 2 aromatic heterocycles. The zero-order chi connectivity index (χ0) is 15.3. The lowest BCUT2D eigenvalue weighted by molar-refractivity contribution is 0.586. The molecule has 0 spiro atoms. The van der Waals surface area contributed by atoms with E-state index in [9.17, 15) is 8.78 Å². The lowest BCUT2D eigenvalue weighted by Crippen LogP contribution is -2.06. The number of nitrogens with zero attached hydrogens (tertiary/aromatic N) is 3. The van der Waals surface area contributed by atoms with Crippen LogP contribution in [0.5, 0.6) is 0 Å². The predicted molar refractivity (Wildman–Crippen MR) is 76.8 cm³/mol. The van der Waals surface area contributed by atoms with Gasteiger partial charge in [0.2, 0.25) is 0 Å². The molecule has 7 heteroatoms. The van der Waals surface area contributed by atoms with Crippen LogP contribution in [0.4, 0.5) is 8.78 Å². The standard InChI is InChI=1S/C15H13F2N5/c16-9-5-10-12(13-14(18)20-13)21-22(15(10)19-6-9)7-8-3-1-2-4-11(8)17/h1-6,13-14,20H,7,18H2. The van der Waals surface area contributed by atoms with E-state index < -0.39 is 5.82 Å². The highest BCUT2D eigenvalue weighted by Crippen LogP contribution is 2.31. The highest BCUT2D eigenvalue weighted by molar-refractivity contribution is 5.79. The molecule has 0 radical (unpaired) electrons. The molecule has 1 aliphatic rings. The van der Waals surface area contributed by atoms with E-state index >= 15 is 0 Å². The van der Waals surface area contributed by atoms with Crippen LogP contribution in [0.2, 0.25) is 0 Å². The van der Waals surface area contributed by atoms with Crippen LogP contribution in [0.15, 0.2) is 36.5 Å². The molecule has 2 unspecified atom stereocenters. The first-order valence-corrected chi connectivity index (χ1v) is 6.90. The number of fused-ring (bicyclic) bond motifs is 1. The van der Waals surface area contributed by atoms with E-state index in [0.29, 0.717) is 22.3 Å². The summed E-state index contributed by atoms with van der Waals surface area (Å²) >= 11 is 0.